The van der Waals surface area contributed by atoms with E-state index >= 15 is 0 Å². The molecule has 0 unspecified atom stereocenters. The monoisotopic (exact) mass is 268 g/mol. The van der Waals surface area contributed by atoms with Gasteiger partial charge in [0.2, 0.25) is 0 Å². The Hall–Kier alpha value is -2.29. The first-order chi connectivity index (χ1) is 9.72. The van der Waals surface area contributed by atoms with Gasteiger partial charge in [0.05, 0.1) is 5.71 Å². The zero-order chi connectivity index (χ0) is 14.7. The molecule has 0 aliphatic heterocycles. The van der Waals surface area contributed by atoms with Crippen LogP contribution in [0.2, 0.25) is 0 Å². The summed E-state index contributed by atoms with van der Waals surface area (Å²) in [7, 11) is 2.06. The Morgan fingerprint density at radius 1 is 1.00 bits per heavy atom. The second-order valence-corrected chi connectivity index (χ2v) is 4.49. The van der Waals surface area contributed by atoms with Crippen molar-refractivity contribution in [2.45, 2.75) is 20.8 Å². The molecule has 2 aromatic carbocycles. The molecule has 1 N–H and O–H groups in total. The summed E-state index contributed by atoms with van der Waals surface area (Å²) in [6.07, 6.45) is 0. The molecule has 3 nitrogen and oxygen atoms in total. The third-order valence-corrected chi connectivity index (χ3v) is 3.48. The van der Waals surface area contributed by atoms with Crippen LogP contribution in [0.25, 0.3) is 21.8 Å². The van der Waals surface area contributed by atoms with Crippen molar-refractivity contribution in [3.63, 3.8) is 0 Å². The normalized spacial score (nSPS) is 11.5. The van der Waals surface area contributed by atoms with Crippen LogP contribution in [0.15, 0.2) is 47.6 Å². The minimum absolute atomic E-state index is 0.627. The smallest absolute Gasteiger partial charge is 0.0837 e. The molecule has 0 aliphatic rings. The first kappa shape index (κ1) is 14.1. The number of fused-ring (bicyclic) bond motifs is 3. The number of hydrogen-bond acceptors (Lipinski definition) is 2. The molecular weight excluding hydrogens is 248 g/mol. The van der Waals surface area contributed by atoms with Gasteiger partial charge >= 0.3 is 0 Å². The van der Waals surface area contributed by atoms with Crippen LogP contribution in [-0.2, 0) is 7.05 Å². The molecule has 104 valence electrons. The highest BCUT2D eigenvalue weighted by Crippen LogP contribution is 2.28. The van der Waals surface area contributed by atoms with E-state index in [4.69, 9.17) is 5.21 Å². The predicted octanol–water partition coefficient (Wildman–Crippen LogP) is 4.56. The van der Waals surface area contributed by atoms with E-state index < -0.39 is 0 Å². The van der Waals surface area contributed by atoms with Crippen LogP contribution in [0.5, 0.6) is 0 Å². The topological polar surface area (TPSA) is 37.5 Å². The lowest BCUT2D eigenvalue weighted by atomic mass is 10.1. The van der Waals surface area contributed by atoms with Crippen LogP contribution >= 0.6 is 0 Å². The van der Waals surface area contributed by atoms with Crippen molar-refractivity contribution in [2.75, 3.05) is 0 Å². The number of hydrogen-bond donors (Lipinski definition) is 1. The minimum Gasteiger partial charge on any atom is -0.411 e. The van der Waals surface area contributed by atoms with E-state index in [9.17, 15) is 0 Å². The quantitative estimate of drug-likeness (QED) is 0.392. The van der Waals surface area contributed by atoms with Crippen molar-refractivity contribution >= 4 is 27.5 Å². The Bertz CT molecular complexity index is 769. The van der Waals surface area contributed by atoms with Crippen LogP contribution in [0, 0.1) is 0 Å². The molecule has 0 aliphatic carbocycles. The molecule has 0 atom stereocenters. The Morgan fingerprint density at radius 3 is 2.35 bits per heavy atom. The lowest BCUT2D eigenvalue weighted by Gasteiger charge is -2.01. The Balaban J connectivity index is 0.000000704. The highest BCUT2D eigenvalue weighted by atomic mass is 16.4. The molecular formula is C17H20N2O. The number of aryl methyl sites for hydroxylation is 1. The summed E-state index contributed by atoms with van der Waals surface area (Å²) in [4.78, 5) is 0. The van der Waals surface area contributed by atoms with Crippen LogP contribution in [-0.4, -0.2) is 15.5 Å². The predicted molar refractivity (Wildman–Crippen MR) is 85.8 cm³/mol. The van der Waals surface area contributed by atoms with Gasteiger partial charge in [0, 0.05) is 34.4 Å². The molecule has 0 amide bonds. The van der Waals surface area contributed by atoms with Gasteiger partial charge in [-0.1, -0.05) is 49.3 Å². The van der Waals surface area contributed by atoms with Crippen LogP contribution in [0.3, 0.4) is 0 Å². The largest absolute Gasteiger partial charge is 0.411 e. The molecule has 1 heterocycles. The average molecular weight is 268 g/mol. The van der Waals surface area contributed by atoms with E-state index in [2.05, 4.69) is 47.1 Å². The zero-order valence-corrected chi connectivity index (χ0v) is 12.4. The molecule has 0 radical (unpaired) electrons. The van der Waals surface area contributed by atoms with Crippen molar-refractivity contribution < 1.29 is 5.21 Å². The van der Waals surface area contributed by atoms with E-state index in [1.54, 1.807) is 6.92 Å². The van der Waals surface area contributed by atoms with Gasteiger partial charge in [0.25, 0.3) is 0 Å². The molecule has 0 bridgehead atoms. The van der Waals surface area contributed by atoms with Gasteiger partial charge in [-0.25, -0.2) is 0 Å². The lowest BCUT2D eigenvalue weighted by molar-refractivity contribution is 0.319. The summed E-state index contributed by atoms with van der Waals surface area (Å²) in [6.45, 7) is 5.80. The van der Waals surface area contributed by atoms with Crippen LogP contribution in [0.4, 0.5) is 0 Å². The first-order valence-electron chi connectivity index (χ1n) is 6.88. The molecule has 0 fully saturated rings. The molecule has 0 saturated carbocycles. The maximum atomic E-state index is 8.85. The summed E-state index contributed by atoms with van der Waals surface area (Å²) in [5.74, 6) is 0. The molecule has 0 spiro atoms. The SMILES string of the molecule is C/C(=N\O)c1ccc2c3ccccc3n(C)c2c1.CC. The van der Waals surface area contributed by atoms with E-state index in [1.165, 1.54) is 16.3 Å². The summed E-state index contributed by atoms with van der Waals surface area (Å²) in [6, 6.07) is 14.5. The number of rotatable bonds is 1. The van der Waals surface area contributed by atoms with Gasteiger partial charge < -0.3 is 9.77 Å². The second kappa shape index (κ2) is 5.78. The van der Waals surface area contributed by atoms with Gasteiger partial charge in [0.15, 0.2) is 0 Å². The minimum atomic E-state index is 0.627. The third kappa shape index (κ3) is 2.16. The standard InChI is InChI=1S/C15H14N2O.C2H6/c1-10(16-18)11-7-8-13-12-5-3-4-6-14(12)17(2)15(13)9-11;1-2/h3-9,18H,1-2H3;1-2H3/b16-10+;. The number of benzene rings is 2. The fourth-order valence-corrected chi connectivity index (χ4v) is 2.44. The number of para-hydroxylation sites is 1. The van der Waals surface area contributed by atoms with Gasteiger partial charge in [-0.15, -0.1) is 0 Å². The van der Waals surface area contributed by atoms with E-state index in [1.807, 2.05) is 26.0 Å². The number of aromatic nitrogens is 1. The maximum absolute atomic E-state index is 8.85. The maximum Gasteiger partial charge on any atom is 0.0837 e. The first-order valence-corrected chi connectivity index (χ1v) is 6.88. The number of nitrogens with zero attached hydrogens (tertiary/aromatic N) is 2. The van der Waals surface area contributed by atoms with E-state index in [0.717, 1.165) is 11.1 Å². The van der Waals surface area contributed by atoms with Gasteiger partial charge in [-0.05, 0) is 19.1 Å². The molecule has 1 aromatic heterocycles. The second-order valence-electron chi connectivity index (χ2n) is 4.49. The van der Waals surface area contributed by atoms with E-state index in [-0.39, 0.29) is 0 Å². The molecule has 20 heavy (non-hydrogen) atoms. The van der Waals surface area contributed by atoms with Crippen LogP contribution < -0.4 is 0 Å². The highest BCUT2D eigenvalue weighted by molar-refractivity contribution is 6.10. The van der Waals surface area contributed by atoms with Gasteiger partial charge in [0.1, 0.15) is 0 Å². The average Bonchev–Trinajstić information content (AvgIpc) is 2.82. The fourth-order valence-electron chi connectivity index (χ4n) is 2.44. The van der Waals surface area contributed by atoms with Gasteiger partial charge in [-0.2, -0.15) is 0 Å². The lowest BCUT2D eigenvalue weighted by Crippen LogP contribution is -1.95. The van der Waals surface area contributed by atoms with Crippen LogP contribution in [0.1, 0.15) is 26.3 Å². The molecule has 3 rings (SSSR count). The van der Waals surface area contributed by atoms with Crippen molar-refractivity contribution in [3.8, 4) is 0 Å². The fraction of sp³-hybridized carbons (Fsp3) is 0.235. The summed E-state index contributed by atoms with van der Waals surface area (Å²) in [5.41, 5.74) is 3.93. The third-order valence-electron chi connectivity index (χ3n) is 3.48. The molecule has 3 aromatic rings. The Morgan fingerprint density at radius 2 is 1.65 bits per heavy atom. The highest BCUT2D eigenvalue weighted by Gasteiger charge is 2.08. The summed E-state index contributed by atoms with van der Waals surface area (Å²) >= 11 is 0. The van der Waals surface area contributed by atoms with Crippen molar-refractivity contribution in [1.29, 1.82) is 0 Å². The Kier molecular flexibility index (Phi) is 4.08. The van der Waals surface area contributed by atoms with Crippen molar-refractivity contribution in [2.24, 2.45) is 12.2 Å². The van der Waals surface area contributed by atoms with E-state index in [0.29, 0.717) is 5.71 Å². The summed E-state index contributed by atoms with van der Waals surface area (Å²) in [5, 5.41) is 14.6. The number of oxime groups is 1. The van der Waals surface area contributed by atoms with Crippen molar-refractivity contribution in [3.05, 3.63) is 48.0 Å². The summed E-state index contributed by atoms with van der Waals surface area (Å²) < 4.78 is 2.17. The van der Waals surface area contributed by atoms with Crippen molar-refractivity contribution in [1.82, 2.24) is 4.57 Å². The molecule has 0 saturated heterocycles. The zero-order valence-electron chi connectivity index (χ0n) is 12.4. The Labute approximate surface area is 119 Å². The van der Waals surface area contributed by atoms with Gasteiger partial charge in [-0.3, -0.25) is 0 Å². The molecule has 3 heteroatoms.